The Bertz CT molecular complexity index is 538. The molecule has 1 aromatic rings. The van der Waals surface area contributed by atoms with Crippen LogP contribution in [0.4, 0.5) is 10.5 Å². The van der Waals surface area contributed by atoms with Crippen LogP contribution in [0.5, 0.6) is 0 Å². The highest BCUT2D eigenvalue weighted by molar-refractivity contribution is 5.89. The van der Waals surface area contributed by atoms with Crippen molar-refractivity contribution >= 4 is 11.7 Å². The molecular formula is C16H20N4O. The van der Waals surface area contributed by atoms with Gasteiger partial charge in [-0.2, -0.15) is 5.26 Å². The number of rotatable bonds is 4. The summed E-state index contributed by atoms with van der Waals surface area (Å²) in [5, 5.41) is 15.2. The number of urea groups is 1. The second-order valence-electron chi connectivity index (χ2n) is 5.80. The minimum Gasteiger partial charge on any atom is -0.320 e. The fraction of sp³-hybridized carbons (Fsp3) is 0.500. The van der Waals surface area contributed by atoms with E-state index in [1.807, 2.05) is 4.90 Å². The number of hydrogen-bond acceptors (Lipinski definition) is 3. The molecule has 3 rings (SSSR count). The lowest BCUT2D eigenvalue weighted by molar-refractivity contribution is 0.203. The Kier molecular flexibility index (Phi) is 4.07. The van der Waals surface area contributed by atoms with Gasteiger partial charge in [-0.05, 0) is 56.5 Å². The number of nitrogens with one attached hydrogen (secondary N) is 2. The SMILES string of the molecule is N#Cc1ccc(NC(=O)N(CC2CCCN2)C2CC2)cc1. The minimum absolute atomic E-state index is 0.0316. The molecule has 110 valence electrons. The molecule has 2 N–H and O–H groups in total. The molecule has 0 bridgehead atoms. The quantitative estimate of drug-likeness (QED) is 0.891. The fourth-order valence-corrected chi connectivity index (χ4v) is 2.76. The van der Waals surface area contributed by atoms with Crippen molar-refractivity contribution in [3.63, 3.8) is 0 Å². The van der Waals surface area contributed by atoms with Crippen LogP contribution in [-0.4, -0.2) is 36.1 Å². The zero-order chi connectivity index (χ0) is 14.7. The number of anilines is 1. The highest BCUT2D eigenvalue weighted by Crippen LogP contribution is 2.28. The van der Waals surface area contributed by atoms with E-state index in [0.717, 1.165) is 38.0 Å². The van der Waals surface area contributed by atoms with Gasteiger partial charge in [-0.15, -0.1) is 0 Å². The van der Waals surface area contributed by atoms with Crippen LogP contribution in [0.1, 0.15) is 31.2 Å². The standard InChI is InChI=1S/C16H20N4O/c17-10-12-3-5-13(6-4-12)19-16(21)20(15-7-8-15)11-14-2-1-9-18-14/h3-6,14-15,18H,1-2,7-9,11H2,(H,19,21). The van der Waals surface area contributed by atoms with Crippen LogP contribution < -0.4 is 10.6 Å². The Labute approximate surface area is 124 Å². The Hall–Kier alpha value is -2.06. The Balaban J connectivity index is 1.61. The van der Waals surface area contributed by atoms with Crippen molar-refractivity contribution in [1.29, 1.82) is 5.26 Å². The normalized spacial score (nSPS) is 20.8. The van der Waals surface area contributed by atoms with E-state index >= 15 is 0 Å². The molecule has 1 unspecified atom stereocenters. The molecule has 21 heavy (non-hydrogen) atoms. The van der Waals surface area contributed by atoms with Crippen LogP contribution in [0.3, 0.4) is 0 Å². The molecule has 1 heterocycles. The molecule has 2 aliphatic rings. The maximum atomic E-state index is 12.5. The lowest BCUT2D eigenvalue weighted by Crippen LogP contribution is -2.44. The zero-order valence-electron chi connectivity index (χ0n) is 12.0. The number of nitrogens with zero attached hydrogens (tertiary/aromatic N) is 2. The third-order valence-electron chi connectivity index (χ3n) is 4.09. The van der Waals surface area contributed by atoms with Crippen molar-refractivity contribution < 1.29 is 4.79 Å². The smallest absolute Gasteiger partial charge is 0.320 e. The summed E-state index contributed by atoms with van der Waals surface area (Å²) in [5.74, 6) is 0. The number of amides is 2. The molecule has 1 aliphatic heterocycles. The van der Waals surface area contributed by atoms with Crippen LogP contribution in [0.2, 0.25) is 0 Å². The second kappa shape index (κ2) is 6.15. The molecule has 2 fully saturated rings. The molecular weight excluding hydrogens is 264 g/mol. The predicted molar refractivity (Wildman–Crippen MR) is 80.9 cm³/mol. The number of hydrogen-bond donors (Lipinski definition) is 2. The Morgan fingerprint density at radius 2 is 2.10 bits per heavy atom. The van der Waals surface area contributed by atoms with Crippen molar-refractivity contribution in [2.75, 3.05) is 18.4 Å². The number of carbonyl (C=O) groups excluding carboxylic acids is 1. The van der Waals surface area contributed by atoms with Gasteiger partial charge in [0.2, 0.25) is 0 Å². The fourth-order valence-electron chi connectivity index (χ4n) is 2.76. The van der Waals surface area contributed by atoms with Crippen molar-refractivity contribution in [1.82, 2.24) is 10.2 Å². The molecule has 0 spiro atoms. The average molecular weight is 284 g/mol. The molecule has 2 amide bonds. The Morgan fingerprint density at radius 3 is 2.67 bits per heavy atom. The average Bonchev–Trinajstić information content (AvgIpc) is 3.21. The Morgan fingerprint density at radius 1 is 1.33 bits per heavy atom. The molecule has 5 heteroatoms. The van der Waals surface area contributed by atoms with Gasteiger partial charge in [-0.1, -0.05) is 0 Å². The summed E-state index contributed by atoms with van der Waals surface area (Å²) >= 11 is 0. The molecule has 1 aromatic carbocycles. The topological polar surface area (TPSA) is 68.2 Å². The van der Waals surface area contributed by atoms with E-state index < -0.39 is 0 Å². The van der Waals surface area contributed by atoms with E-state index in [4.69, 9.17) is 5.26 Å². The van der Waals surface area contributed by atoms with Crippen molar-refractivity contribution in [2.24, 2.45) is 0 Å². The summed E-state index contributed by atoms with van der Waals surface area (Å²) in [6.45, 7) is 1.84. The van der Waals surface area contributed by atoms with Crippen LogP contribution in [0.25, 0.3) is 0 Å². The first-order chi connectivity index (χ1) is 10.3. The van der Waals surface area contributed by atoms with Gasteiger partial charge in [0, 0.05) is 24.3 Å². The van der Waals surface area contributed by atoms with Crippen molar-refractivity contribution in [3.05, 3.63) is 29.8 Å². The van der Waals surface area contributed by atoms with Gasteiger partial charge in [0.05, 0.1) is 11.6 Å². The molecule has 1 saturated carbocycles. The first kappa shape index (κ1) is 13.9. The lowest BCUT2D eigenvalue weighted by atomic mass is 10.2. The van der Waals surface area contributed by atoms with E-state index in [9.17, 15) is 4.79 Å². The summed E-state index contributed by atoms with van der Waals surface area (Å²) in [6.07, 6.45) is 4.55. The van der Waals surface area contributed by atoms with E-state index in [1.54, 1.807) is 24.3 Å². The summed E-state index contributed by atoms with van der Waals surface area (Å²) < 4.78 is 0. The third kappa shape index (κ3) is 3.53. The highest BCUT2D eigenvalue weighted by atomic mass is 16.2. The van der Waals surface area contributed by atoms with Gasteiger partial charge >= 0.3 is 6.03 Å². The molecule has 1 saturated heterocycles. The number of carbonyl (C=O) groups is 1. The number of nitriles is 1. The van der Waals surface area contributed by atoms with Gasteiger partial charge < -0.3 is 15.5 Å². The molecule has 5 nitrogen and oxygen atoms in total. The van der Waals surface area contributed by atoms with Gasteiger partial charge in [0.1, 0.15) is 0 Å². The number of benzene rings is 1. The third-order valence-corrected chi connectivity index (χ3v) is 4.09. The van der Waals surface area contributed by atoms with Crippen molar-refractivity contribution in [2.45, 2.75) is 37.8 Å². The van der Waals surface area contributed by atoms with Crippen LogP contribution in [0, 0.1) is 11.3 Å². The lowest BCUT2D eigenvalue weighted by Gasteiger charge is -2.26. The molecule has 1 aliphatic carbocycles. The first-order valence-corrected chi connectivity index (χ1v) is 7.57. The van der Waals surface area contributed by atoms with Gasteiger partial charge in [0.15, 0.2) is 0 Å². The van der Waals surface area contributed by atoms with Crippen molar-refractivity contribution in [3.8, 4) is 6.07 Å². The summed E-state index contributed by atoms with van der Waals surface area (Å²) in [6, 6.07) is 9.85. The predicted octanol–water partition coefficient (Wildman–Crippen LogP) is 2.31. The summed E-state index contributed by atoms with van der Waals surface area (Å²) in [4.78, 5) is 14.4. The summed E-state index contributed by atoms with van der Waals surface area (Å²) in [5.41, 5.74) is 1.34. The molecule has 1 atom stereocenters. The molecule has 0 aromatic heterocycles. The zero-order valence-corrected chi connectivity index (χ0v) is 12.0. The van der Waals surface area contributed by atoms with Gasteiger partial charge in [-0.3, -0.25) is 0 Å². The van der Waals surface area contributed by atoms with Crippen LogP contribution in [0.15, 0.2) is 24.3 Å². The largest absolute Gasteiger partial charge is 0.322 e. The monoisotopic (exact) mass is 284 g/mol. The summed E-state index contributed by atoms with van der Waals surface area (Å²) in [7, 11) is 0. The minimum atomic E-state index is -0.0316. The van der Waals surface area contributed by atoms with E-state index in [0.29, 0.717) is 17.6 Å². The van der Waals surface area contributed by atoms with Gasteiger partial charge in [0.25, 0.3) is 0 Å². The molecule has 0 radical (unpaired) electrons. The van der Waals surface area contributed by atoms with Crippen LogP contribution in [-0.2, 0) is 0 Å². The van der Waals surface area contributed by atoms with E-state index in [-0.39, 0.29) is 6.03 Å². The van der Waals surface area contributed by atoms with Gasteiger partial charge in [-0.25, -0.2) is 4.79 Å². The second-order valence-corrected chi connectivity index (χ2v) is 5.80. The maximum absolute atomic E-state index is 12.5. The van der Waals surface area contributed by atoms with Crippen LogP contribution >= 0.6 is 0 Å². The first-order valence-electron chi connectivity index (χ1n) is 7.57. The highest BCUT2D eigenvalue weighted by Gasteiger charge is 2.34. The van der Waals surface area contributed by atoms with E-state index in [1.165, 1.54) is 6.42 Å². The maximum Gasteiger partial charge on any atom is 0.322 e. The van der Waals surface area contributed by atoms with E-state index in [2.05, 4.69) is 16.7 Å².